The van der Waals surface area contributed by atoms with Crippen molar-refractivity contribution in [1.29, 1.82) is 0 Å². The lowest BCUT2D eigenvalue weighted by Gasteiger charge is -2.02. The Morgan fingerprint density at radius 1 is 1.35 bits per heavy atom. The van der Waals surface area contributed by atoms with Gasteiger partial charge in [0.2, 0.25) is 0 Å². The third-order valence-electron chi connectivity index (χ3n) is 2.41. The Balaban J connectivity index is 1.70. The molecule has 20 heavy (non-hydrogen) atoms. The molecular formula is C14H13BrN2O2S. The largest absolute Gasteiger partial charge is 0.386 e. The van der Waals surface area contributed by atoms with E-state index in [4.69, 9.17) is 4.84 Å². The monoisotopic (exact) mass is 352 g/mol. The third kappa shape index (κ3) is 4.79. The van der Waals surface area contributed by atoms with E-state index >= 15 is 0 Å². The van der Waals surface area contributed by atoms with Crippen LogP contribution in [0.25, 0.3) is 0 Å². The highest BCUT2D eigenvalue weighted by molar-refractivity contribution is 9.10. The summed E-state index contributed by atoms with van der Waals surface area (Å²) in [6.07, 6.45) is 1.57. The van der Waals surface area contributed by atoms with Crippen LogP contribution in [0.1, 0.15) is 10.4 Å². The third-order valence-corrected chi connectivity index (χ3v) is 4.01. The Morgan fingerprint density at radius 3 is 2.95 bits per heavy atom. The molecule has 104 valence electrons. The van der Waals surface area contributed by atoms with Gasteiger partial charge in [-0.25, -0.2) is 0 Å². The predicted octanol–water partition coefficient (Wildman–Crippen LogP) is 3.18. The van der Waals surface area contributed by atoms with Gasteiger partial charge in [-0.3, -0.25) is 4.79 Å². The van der Waals surface area contributed by atoms with E-state index in [0.29, 0.717) is 6.54 Å². The molecule has 1 N–H and O–H groups in total. The predicted molar refractivity (Wildman–Crippen MR) is 83.9 cm³/mol. The van der Waals surface area contributed by atoms with Gasteiger partial charge in [0.15, 0.2) is 6.61 Å². The Labute approximate surface area is 129 Å². The lowest BCUT2D eigenvalue weighted by Crippen LogP contribution is -2.26. The molecule has 0 aliphatic heterocycles. The number of hydrogen-bond donors (Lipinski definition) is 1. The van der Waals surface area contributed by atoms with E-state index in [0.717, 1.165) is 14.9 Å². The van der Waals surface area contributed by atoms with Gasteiger partial charge in [0.05, 0.1) is 12.8 Å². The number of oxime groups is 1. The van der Waals surface area contributed by atoms with Crippen LogP contribution < -0.4 is 5.32 Å². The molecule has 6 heteroatoms. The second-order valence-corrected chi connectivity index (χ2v) is 5.77. The molecule has 0 atom stereocenters. The maximum absolute atomic E-state index is 11.5. The highest BCUT2D eigenvalue weighted by Crippen LogP contribution is 2.13. The van der Waals surface area contributed by atoms with E-state index in [1.54, 1.807) is 17.6 Å². The Hall–Kier alpha value is -1.66. The molecule has 0 bridgehead atoms. The van der Waals surface area contributed by atoms with Crippen molar-refractivity contribution in [3.63, 3.8) is 0 Å². The van der Waals surface area contributed by atoms with Crippen LogP contribution in [-0.2, 0) is 16.2 Å². The van der Waals surface area contributed by atoms with E-state index in [1.807, 2.05) is 41.8 Å². The Kier molecular flexibility index (Phi) is 5.76. The summed E-state index contributed by atoms with van der Waals surface area (Å²) in [5.41, 5.74) is 0.895. The number of thiophene rings is 1. The fourth-order valence-electron chi connectivity index (χ4n) is 1.42. The molecule has 1 heterocycles. The second-order valence-electron chi connectivity index (χ2n) is 3.89. The molecule has 0 saturated carbocycles. The first-order valence-corrected chi connectivity index (χ1v) is 7.62. The molecule has 0 unspecified atom stereocenters. The van der Waals surface area contributed by atoms with Gasteiger partial charge in [-0.1, -0.05) is 45.4 Å². The summed E-state index contributed by atoms with van der Waals surface area (Å²) in [7, 11) is 0. The molecule has 1 aromatic carbocycles. The molecule has 0 aliphatic carbocycles. The minimum absolute atomic E-state index is 0.0909. The number of hydrogen-bond acceptors (Lipinski definition) is 4. The number of nitrogens with one attached hydrogen (secondary N) is 1. The van der Waals surface area contributed by atoms with Crippen molar-refractivity contribution in [2.24, 2.45) is 5.16 Å². The van der Waals surface area contributed by atoms with Crippen molar-refractivity contribution in [3.8, 4) is 0 Å². The number of benzene rings is 1. The molecule has 0 radical (unpaired) electrons. The normalized spacial score (nSPS) is 10.7. The first-order chi connectivity index (χ1) is 9.75. The molecule has 2 aromatic rings. The number of nitrogens with zero attached hydrogens (tertiary/aromatic N) is 1. The summed E-state index contributed by atoms with van der Waals surface area (Å²) in [6.45, 7) is 0.431. The van der Waals surface area contributed by atoms with Crippen molar-refractivity contribution in [2.75, 3.05) is 6.61 Å². The van der Waals surface area contributed by atoms with Gasteiger partial charge in [0, 0.05) is 14.9 Å². The van der Waals surface area contributed by atoms with Crippen LogP contribution in [0.5, 0.6) is 0 Å². The summed E-state index contributed by atoms with van der Waals surface area (Å²) in [5.74, 6) is -0.192. The number of halogens is 1. The quantitative estimate of drug-likeness (QED) is 0.641. The van der Waals surface area contributed by atoms with Crippen LogP contribution in [0.4, 0.5) is 0 Å². The Bertz CT molecular complexity index is 585. The van der Waals surface area contributed by atoms with Gasteiger partial charge < -0.3 is 10.2 Å². The van der Waals surface area contributed by atoms with Crippen LogP contribution >= 0.6 is 27.3 Å². The van der Waals surface area contributed by atoms with Gasteiger partial charge in [-0.15, -0.1) is 11.3 Å². The summed E-state index contributed by atoms with van der Waals surface area (Å²) < 4.78 is 0.925. The zero-order valence-electron chi connectivity index (χ0n) is 10.6. The fraction of sp³-hybridized carbons (Fsp3) is 0.143. The minimum Gasteiger partial charge on any atom is -0.386 e. The minimum atomic E-state index is -0.192. The van der Waals surface area contributed by atoms with Gasteiger partial charge in [0.1, 0.15) is 0 Å². The lowest BCUT2D eigenvalue weighted by atomic mass is 10.2. The van der Waals surface area contributed by atoms with Crippen molar-refractivity contribution < 1.29 is 9.63 Å². The Morgan fingerprint density at radius 2 is 2.20 bits per heavy atom. The standard InChI is InChI=1S/C14H13BrN2O2S/c15-13-6-2-1-4-11(13)8-17-19-10-14(18)16-9-12-5-3-7-20-12/h1-8H,9-10H2,(H,16,18)/b17-8-. The van der Waals surface area contributed by atoms with Crippen molar-refractivity contribution in [1.82, 2.24) is 5.32 Å². The van der Waals surface area contributed by atoms with Gasteiger partial charge >= 0.3 is 0 Å². The first-order valence-electron chi connectivity index (χ1n) is 5.94. The van der Waals surface area contributed by atoms with Crippen molar-refractivity contribution in [3.05, 3.63) is 56.7 Å². The van der Waals surface area contributed by atoms with Crippen molar-refractivity contribution >= 4 is 39.4 Å². The zero-order chi connectivity index (χ0) is 14.2. The second kappa shape index (κ2) is 7.81. The van der Waals surface area contributed by atoms with Crippen LogP contribution in [0.3, 0.4) is 0 Å². The molecular weight excluding hydrogens is 340 g/mol. The molecule has 4 nitrogen and oxygen atoms in total. The van der Waals surface area contributed by atoms with Crippen LogP contribution in [0.2, 0.25) is 0 Å². The maximum atomic E-state index is 11.5. The van der Waals surface area contributed by atoms with E-state index in [1.165, 1.54) is 0 Å². The van der Waals surface area contributed by atoms with Crippen LogP contribution in [-0.4, -0.2) is 18.7 Å². The van der Waals surface area contributed by atoms with Gasteiger partial charge in [-0.2, -0.15) is 0 Å². The molecule has 1 amide bonds. The van der Waals surface area contributed by atoms with Crippen molar-refractivity contribution in [2.45, 2.75) is 6.54 Å². The SMILES string of the molecule is O=C(CO/N=C\c1ccccc1Br)NCc1cccs1. The van der Waals surface area contributed by atoms with Gasteiger partial charge in [0.25, 0.3) is 5.91 Å². The summed E-state index contributed by atoms with van der Waals surface area (Å²) in [5, 5.41) is 8.50. The molecule has 0 aliphatic rings. The highest BCUT2D eigenvalue weighted by atomic mass is 79.9. The number of rotatable bonds is 6. The van der Waals surface area contributed by atoms with E-state index in [2.05, 4.69) is 26.4 Å². The average molecular weight is 353 g/mol. The molecule has 2 rings (SSSR count). The highest BCUT2D eigenvalue weighted by Gasteiger charge is 2.01. The topological polar surface area (TPSA) is 50.7 Å². The lowest BCUT2D eigenvalue weighted by molar-refractivity contribution is -0.125. The maximum Gasteiger partial charge on any atom is 0.261 e. The molecule has 0 spiro atoms. The van der Waals surface area contributed by atoms with E-state index in [9.17, 15) is 4.79 Å². The summed E-state index contributed by atoms with van der Waals surface area (Å²) in [4.78, 5) is 17.6. The number of amides is 1. The summed E-state index contributed by atoms with van der Waals surface area (Å²) in [6, 6.07) is 11.5. The van der Waals surface area contributed by atoms with Gasteiger partial charge in [-0.05, 0) is 17.5 Å². The molecule has 1 aromatic heterocycles. The average Bonchev–Trinajstić information content (AvgIpc) is 2.96. The smallest absolute Gasteiger partial charge is 0.261 e. The number of carbonyl (C=O) groups excluding carboxylic acids is 1. The zero-order valence-corrected chi connectivity index (χ0v) is 13.0. The first kappa shape index (κ1) is 14.7. The van der Waals surface area contributed by atoms with Crippen LogP contribution in [0, 0.1) is 0 Å². The summed E-state index contributed by atoms with van der Waals surface area (Å²) >= 11 is 5.00. The van der Waals surface area contributed by atoms with E-state index in [-0.39, 0.29) is 12.5 Å². The van der Waals surface area contributed by atoms with E-state index < -0.39 is 0 Å². The molecule has 0 fully saturated rings. The number of carbonyl (C=O) groups is 1. The van der Waals surface area contributed by atoms with Crippen LogP contribution in [0.15, 0.2) is 51.4 Å². The fourth-order valence-corrected chi connectivity index (χ4v) is 2.45. The molecule has 0 saturated heterocycles.